The van der Waals surface area contributed by atoms with Gasteiger partial charge >= 0.3 is 0 Å². The lowest BCUT2D eigenvalue weighted by Crippen LogP contribution is -2.42. The maximum atomic E-state index is 13.7. The largest absolute Gasteiger partial charge is 0.352 e. The fourth-order valence-corrected chi connectivity index (χ4v) is 3.50. The summed E-state index contributed by atoms with van der Waals surface area (Å²) in [7, 11) is 0. The van der Waals surface area contributed by atoms with Crippen LogP contribution in [-0.2, 0) is 4.79 Å². The number of hydrogen-bond donors (Lipinski definition) is 1. The normalized spacial score (nSPS) is 11.5. The Hall–Kier alpha value is -3.35. The smallest absolute Gasteiger partial charge is 0.261 e. The molecule has 0 saturated heterocycles. The molecule has 0 radical (unpaired) electrons. The third-order valence-electron chi connectivity index (χ3n) is 5.26. The Morgan fingerprint density at radius 2 is 1.84 bits per heavy atom. The highest BCUT2D eigenvalue weighted by Gasteiger charge is 2.29. The van der Waals surface area contributed by atoms with E-state index in [1.807, 2.05) is 20.8 Å². The minimum Gasteiger partial charge on any atom is -0.352 e. The summed E-state index contributed by atoms with van der Waals surface area (Å²) in [4.78, 5) is 48.3. The zero-order chi connectivity index (χ0) is 23.8. The Morgan fingerprint density at radius 3 is 2.44 bits per heavy atom. The summed E-state index contributed by atoms with van der Waals surface area (Å²) >= 11 is 0. The number of aryl methyl sites for hydroxylation is 1. The molecule has 1 atom stereocenters. The van der Waals surface area contributed by atoms with Crippen LogP contribution in [0, 0.1) is 6.92 Å². The molecule has 2 rings (SSSR count). The number of anilines is 1. The number of rotatable bonds is 10. The Balaban J connectivity index is 2.53. The van der Waals surface area contributed by atoms with Gasteiger partial charge in [0, 0.05) is 31.3 Å². The second kappa shape index (κ2) is 11.3. The van der Waals surface area contributed by atoms with Gasteiger partial charge in [-0.3, -0.25) is 24.3 Å². The van der Waals surface area contributed by atoms with E-state index in [1.54, 1.807) is 29.2 Å². The third kappa shape index (κ3) is 5.66. The van der Waals surface area contributed by atoms with Crippen molar-refractivity contribution in [2.45, 2.75) is 59.9 Å². The Labute approximate surface area is 190 Å². The van der Waals surface area contributed by atoms with Crippen LogP contribution < -0.4 is 10.2 Å². The first-order valence-electron chi connectivity index (χ1n) is 11.0. The molecule has 0 aliphatic heterocycles. The highest BCUT2D eigenvalue weighted by molar-refractivity contribution is 6.25. The summed E-state index contributed by atoms with van der Waals surface area (Å²) in [6.07, 6.45) is 3.86. The number of hydrogen-bond acceptors (Lipinski definition) is 5. The number of nitrogens with one attached hydrogen (secondary N) is 1. The van der Waals surface area contributed by atoms with Gasteiger partial charge < -0.3 is 5.32 Å². The van der Waals surface area contributed by atoms with E-state index in [2.05, 4.69) is 28.8 Å². The summed E-state index contributed by atoms with van der Waals surface area (Å²) in [5.74, 6) is -0.305. The van der Waals surface area contributed by atoms with Crippen molar-refractivity contribution < 1.29 is 14.4 Å². The van der Waals surface area contributed by atoms with Gasteiger partial charge in [-0.1, -0.05) is 32.9 Å². The summed E-state index contributed by atoms with van der Waals surface area (Å²) in [6.45, 7) is 13.7. The average Bonchev–Trinajstić information content (AvgIpc) is 2.79. The lowest BCUT2D eigenvalue weighted by Gasteiger charge is -2.32. The molecule has 7 heteroatoms. The zero-order valence-corrected chi connectivity index (χ0v) is 19.6. The van der Waals surface area contributed by atoms with E-state index >= 15 is 0 Å². The van der Waals surface area contributed by atoms with Crippen LogP contribution in [0.4, 0.5) is 5.82 Å². The minimum absolute atomic E-state index is 0.121. The van der Waals surface area contributed by atoms with E-state index in [1.165, 1.54) is 13.1 Å². The van der Waals surface area contributed by atoms with Crippen LogP contribution >= 0.6 is 0 Å². The third-order valence-corrected chi connectivity index (χ3v) is 5.26. The number of carbonyl (C=O) groups excluding carboxylic acids is 3. The molecule has 32 heavy (non-hydrogen) atoms. The van der Waals surface area contributed by atoms with E-state index in [0.717, 1.165) is 18.4 Å². The van der Waals surface area contributed by atoms with E-state index in [4.69, 9.17) is 0 Å². The van der Waals surface area contributed by atoms with Crippen molar-refractivity contribution in [3.8, 4) is 0 Å². The standard InChI is InChI=1S/C25H32N4O3/c1-7-10-20(8-2)29(23-16(4)11-12-21(28-23)18(6)30)25(32)17(5)22-15-19(13-14-27-22)24(31)26-9-3/h11-15,20H,5,7-10H2,1-4,6H3,(H,26,31). The molecule has 0 aromatic carbocycles. The van der Waals surface area contributed by atoms with Gasteiger partial charge in [0.1, 0.15) is 11.5 Å². The number of aromatic nitrogens is 2. The van der Waals surface area contributed by atoms with E-state index in [-0.39, 0.29) is 29.2 Å². The van der Waals surface area contributed by atoms with Gasteiger partial charge in [-0.15, -0.1) is 0 Å². The topological polar surface area (TPSA) is 92.3 Å². The highest BCUT2D eigenvalue weighted by Crippen LogP contribution is 2.28. The molecule has 170 valence electrons. The lowest BCUT2D eigenvalue weighted by molar-refractivity contribution is -0.113. The van der Waals surface area contributed by atoms with E-state index in [0.29, 0.717) is 35.7 Å². The zero-order valence-electron chi connectivity index (χ0n) is 19.6. The van der Waals surface area contributed by atoms with Crippen molar-refractivity contribution in [2.24, 2.45) is 0 Å². The highest BCUT2D eigenvalue weighted by atomic mass is 16.2. The molecular formula is C25H32N4O3. The van der Waals surface area contributed by atoms with Crippen LogP contribution in [0.2, 0.25) is 0 Å². The average molecular weight is 437 g/mol. The van der Waals surface area contributed by atoms with Gasteiger partial charge in [0.15, 0.2) is 5.78 Å². The maximum absolute atomic E-state index is 13.7. The molecule has 7 nitrogen and oxygen atoms in total. The van der Waals surface area contributed by atoms with Gasteiger partial charge in [0.2, 0.25) is 0 Å². The molecule has 0 spiro atoms. The van der Waals surface area contributed by atoms with Gasteiger partial charge in [0.05, 0.1) is 11.3 Å². The predicted octanol–water partition coefficient (Wildman–Crippen LogP) is 4.36. The van der Waals surface area contributed by atoms with Crippen LogP contribution in [0.25, 0.3) is 5.57 Å². The molecule has 0 fully saturated rings. The fourth-order valence-electron chi connectivity index (χ4n) is 3.50. The second-order valence-corrected chi connectivity index (χ2v) is 7.69. The molecule has 1 N–H and O–H groups in total. The first-order valence-corrected chi connectivity index (χ1v) is 11.0. The molecule has 2 heterocycles. The van der Waals surface area contributed by atoms with Crippen molar-refractivity contribution in [3.05, 3.63) is 59.6 Å². The van der Waals surface area contributed by atoms with Gasteiger partial charge in [0.25, 0.3) is 11.8 Å². The number of ketones is 1. The second-order valence-electron chi connectivity index (χ2n) is 7.69. The predicted molar refractivity (Wildman–Crippen MR) is 127 cm³/mol. The Morgan fingerprint density at radius 1 is 1.12 bits per heavy atom. The van der Waals surface area contributed by atoms with Gasteiger partial charge in [-0.2, -0.15) is 0 Å². The van der Waals surface area contributed by atoms with Crippen molar-refractivity contribution in [2.75, 3.05) is 11.4 Å². The summed E-state index contributed by atoms with van der Waals surface area (Å²) in [6, 6.07) is 6.50. The van der Waals surface area contributed by atoms with Crippen molar-refractivity contribution in [3.63, 3.8) is 0 Å². The van der Waals surface area contributed by atoms with Gasteiger partial charge in [-0.25, -0.2) is 4.98 Å². The van der Waals surface area contributed by atoms with E-state index in [9.17, 15) is 14.4 Å². The van der Waals surface area contributed by atoms with Crippen molar-refractivity contribution in [1.82, 2.24) is 15.3 Å². The number of pyridine rings is 2. The first-order chi connectivity index (χ1) is 15.2. The van der Waals surface area contributed by atoms with Crippen LogP contribution in [0.15, 0.2) is 37.0 Å². The molecule has 1 unspecified atom stereocenters. The van der Waals surface area contributed by atoms with Gasteiger partial charge in [-0.05, 0) is 50.5 Å². The number of Topliss-reactive ketones (excluding diaryl/α,β-unsaturated/α-hetero) is 1. The fraction of sp³-hybridized carbons (Fsp3) is 0.400. The van der Waals surface area contributed by atoms with Crippen LogP contribution in [0.3, 0.4) is 0 Å². The van der Waals surface area contributed by atoms with Crippen molar-refractivity contribution in [1.29, 1.82) is 0 Å². The molecule has 0 saturated carbocycles. The van der Waals surface area contributed by atoms with Crippen molar-refractivity contribution >= 4 is 29.0 Å². The molecule has 2 aromatic rings. The van der Waals surface area contributed by atoms with E-state index < -0.39 is 0 Å². The maximum Gasteiger partial charge on any atom is 0.261 e. The number of nitrogens with zero attached hydrogens (tertiary/aromatic N) is 3. The van der Waals surface area contributed by atoms with Crippen LogP contribution in [-0.4, -0.2) is 40.2 Å². The molecule has 2 aromatic heterocycles. The molecule has 0 aliphatic rings. The number of amides is 2. The summed E-state index contributed by atoms with van der Waals surface area (Å²) in [5, 5.41) is 2.74. The minimum atomic E-state index is -0.345. The Bertz CT molecular complexity index is 1020. The quantitative estimate of drug-likeness (QED) is 0.441. The molecular weight excluding hydrogens is 404 g/mol. The molecule has 2 amide bonds. The SMILES string of the molecule is C=C(C(=O)N(c1nc(C(C)=O)ccc1C)C(CC)CCC)c1cc(C(=O)NCC)ccn1. The lowest BCUT2D eigenvalue weighted by atomic mass is 10.0. The summed E-state index contributed by atoms with van der Waals surface area (Å²) in [5.41, 5.74) is 1.99. The first kappa shape index (κ1) is 24.9. The molecule has 0 bridgehead atoms. The van der Waals surface area contributed by atoms with Crippen LogP contribution in [0.1, 0.15) is 79.1 Å². The molecule has 0 aliphatic carbocycles. The Kier molecular flexibility index (Phi) is 8.81. The van der Waals surface area contributed by atoms with Crippen LogP contribution in [0.5, 0.6) is 0 Å². The summed E-state index contributed by atoms with van der Waals surface area (Å²) < 4.78 is 0. The number of carbonyl (C=O) groups is 3. The monoisotopic (exact) mass is 436 g/mol.